The van der Waals surface area contributed by atoms with Crippen molar-refractivity contribution in [3.05, 3.63) is 50.3 Å². The number of aromatic nitrogens is 2. The van der Waals surface area contributed by atoms with Crippen molar-refractivity contribution in [1.82, 2.24) is 9.97 Å². The number of thiophene rings is 1. The molecule has 8 heteroatoms. The highest BCUT2D eigenvalue weighted by Crippen LogP contribution is 2.38. The summed E-state index contributed by atoms with van der Waals surface area (Å²) in [5, 5.41) is 4.79. The van der Waals surface area contributed by atoms with Crippen LogP contribution in [0.15, 0.2) is 39.8 Å². The minimum absolute atomic E-state index is 0.00205. The maximum Gasteiger partial charge on any atom is 0.227 e. The molecule has 1 amide bonds. The van der Waals surface area contributed by atoms with Gasteiger partial charge in [-0.15, -0.1) is 22.7 Å². The van der Waals surface area contributed by atoms with Crippen LogP contribution in [0.2, 0.25) is 0 Å². The summed E-state index contributed by atoms with van der Waals surface area (Å²) in [6.07, 6.45) is 4.78. The summed E-state index contributed by atoms with van der Waals surface area (Å²) in [6, 6.07) is 3.65. The van der Waals surface area contributed by atoms with Crippen LogP contribution in [0.3, 0.4) is 0 Å². The van der Waals surface area contributed by atoms with E-state index in [9.17, 15) is 9.59 Å². The Hall–Kier alpha value is -1.90. The Bertz CT molecular complexity index is 969. The maximum atomic E-state index is 12.7. The molecule has 0 aliphatic carbocycles. The van der Waals surface area contributed by atoms with Crippen LogP contribution in [0.25, 0.3) is 10.6 Å². The van der Waals surface area contributed by atoms with Crippen LogP contribution in [0.5, 0.6) is 0 Å². The molecule has 1 aliphatic heterocycles. The van der Waals surface area contributed by atoms with Crippen LogP contribution in [0.1, 0.15) is 17.0 Å². The van der Waals surface area contributed by atoms with Gasteiger partial charge in [-0.1, -0.05) is 0 Å². The number of rotatable bonds is 5. The van der Waals surface area contributed by atoms with Crippen LogP contribution in [0.4, 0.5) is 5.69 Å². The van der Waals surface area contributed by atoms with E-state index in [1.165, 1.54) is 11.3 Å². The lowest BCUT2D eigenvalue weighted by Crippen LogP contribution is -2.39. The van der Waals surface area contributed by atoms with Gasteiger partial charge in [0.25, 0.3) is 0 Å². The number of Topliss-reactive ketones (excluding diaryl/α,β-unsaturated/α-hetero) is 1. The summed E-state index contributed by atoms with van der Waals surface area (Å²) < 4.78 is 0.948. The molecule has 1 aliphatic rings. The fraction of sp³-hybridized carbons (Fsp3) is 0.222. The molecule has 0 N–H and O–H groups in total. The molecular formula is C18H14BrN3O2S2. The third-order valence-corrected chi connectivity index (χ3v) is 6.90. The number of ketones is 1. The van der Waals surface area contributed by atoms with Crippen molar-refractivity contribution in [2.75, 3.05) is 11.4 Å². The molecule has 0 saturated heterocycles. The van der Waals surface area contributed by atoms with E-state index in [0.29, 0.717) is 12.8 Å². The van der Waals surface area contributed by atoms with Crippen LogP contribution < -0.4 is 4.90 Å². The molecule has 26 heavy (non-hydrogen) atoms. The predicted octanol–water partition coefficient (Wildman–Crippen LogP) is 4.12. The monoisotopic (exact) mass is 447 g/mol. The SMILES string of the molecule is O=C(Cc1scc(Br)c1-c1nccs1)CN1C(=O)CCc2ncccc21. The second-order valence-corrected chi connectivity index (χ2v) is 8.60. The number of carbonyl (C=O) groups excluding carboxylic acids is 2. The lowest BCUT2D eigenvalue weighted by Gasteiger charge is -2.27. The Balaban J connectivity index is 1.55. The molecule has 4 rings (SSSR count). The van der Waals surface area contributed by atoms with E-state index in [1.807, 2.05) is 16.8 Å². The zero-order valence-electron chi connectivity index (χ0n) is 13.6. The second-order valence-electron chi connectivity index (χ2n) is 5.88. The molecule has 0 spiro atoms. The highest BCUT2D eigenvalue weighted by molar-refractivity contribution is 9.10. The number of thiazole rings is 1. The predicted molar refractivity (Wildman–Crippen MR) is 107 cm³/mol. The molecular weight excluding hydrogens is 434 g/mol. The first-order valence-corrected chi connectivity index (χ1v) is 10.6. The summed E-state index contributed by atoms with van der Waals surface area (Å²) in [4.78, 5) is 36.3. The summed E-state index contributed by atoms with van der Waals surface area (Å²) in [7, 11) is 0. The molecule has 0 unspecified atom stereocenters. The van der Waals surface area contributed by atoms with Gasteiger partial charge < -0.3 is 4.90 Å². The van der Waals surface area contributed by atoms with Crippen molar-refractivity contribution in [3.63, 3.8) is 0 Å². The number of halogens is 1. The van der Waals surface area contributed by atoms with Gasteiger partial charge in [-0.25, -0.2) is 4.98 Å². The average Bonchev–Trinajstić information content (AvgIpc) is 3.27. The molecule has 0 radical (unpaired) electrons. The van der Waals surface area contributed by atoms with Crippen molar-refractivity contribution < 1.29 is 9.59 Å². The van der Waals surface area contributed by atoms with E-state index in [4.69, 9.17) is 0 Å². The first kappa shape index (κ1) is 17.5. The molecule has 3 aromatic heterocycles. The Morgan fingerprint density at radius 1 is 1.23 bits per heavy atom. The average molecular weight is 448 g/mol. The van der Waals surface area contributed by atoms with E-state index in [2.05, 4.69) is 25.9 Å². The fourth-order valence-corrected chi connectivity index (χ4v) is 5.71. The Morgan fingerprint density at radius 2 is 2.12 bits per heavy atom. The highest BCUT2D eigenvalue weighted by Gasteiger charge is 2.27. The third-order valence-electron chi connectivity index (χ3n) is 4.19. The van der Waals surface area contributed by atoms with E-state index in [-0.39, 0.29) is 24.7 Å². The molecule has 0 fully saturated rings. The van der Waals surface area contributed by atoms with Crippen molar-refractivity contribution in [2.45, 2.75) is 19.3 Å². The Kier molecular flexibility index (Phi) is 4.97. The zero-order valence-corrected chi connectivity index (χ0v) is 16.9. The van der Waals surface area contributed by atoms with E-state index >= 15 is 0 Å². The number of carbonyl (C=O) groups is 2. The molecule has 4 heterocycles. The second kappa shape index (κ2) is 7.38. The summed E-state index contributed by atoms with van der Waals surface area (Å²) >= 11 is 6.63. The number of nitrogens with zero attached hydrogens (tertiary/aromatic N) is 3. The van der Waals surface area contributed by atoms with Gasteiger partial charge >= 0.3 is 0 Å². The third kappa shape index (κ3) is 3.36. The van der Waals surface area contributed by atoms with Gasteiger partial charge in [0.05, 0.1) is 17.9 Å². The Morgan fingerprint density at radius 3 is 2.92 bits per heavy atom. The maximum absolute atomic E-state index is 12.7. The minimum atomic E-state index is -0.0219. The smallest absolute Gasteiger partial charge is 0.227 e. The van der Waals surface area contributed by atoms with E-state index < -0.39 is 0 Å². The van der Waals surface area contributed by atoms with Crippen molar-refractivity contribution in [2.24, 2.45) is 0 Å². The van der Waals surface area contributed by atoms with Crippen LogP contribution >= 0.6 is 38.6 Å². The molecule has 0 aromatic carbocycles. The number of pyridine rings is 1. The summed E-state index contributed by atoms with van der Waals surface area (Å²) in [5.74, 6) is -0.0198. The first-order valence-electron chi connectivity index (χ1n) is 8.05. The molecule has 0 saturated carbocycles. The number of hydrogen-bond acceptors (Lipinski definition) is 6. The van der Waals surface area contributed by atoms with E-state index in [1.54, 1.807) is 34.7 Å². The van der Waals surface area contributed by atoms with Crippen molar-refractivity contribution in [3.8, 4) is 10.6 Å². The van der Waals surface area contributed by atoms with Crippen LogP contribution in [-0.2, 0) is 22.4 Å². The Labute approximate surface area is 166 Å². The van der Waals surface area contributed by atoms with Gasteiger partial charge in [-0.3, -0.25) is 14.6 Å². The molecule has 3 aromatic rings. The quantitative estimate of drug-likeness (QED) is 0.589. The number of amides is 1. The van der Waals surface area contributed by atoms with Gasteiger partial charge in [0.1, 0.15) is 5.01 Å². The normalized spacial score (nSPS) is 13.7. The number of fused-ring (bicyclic) bond motifs is 1. The van der Waals surface area contributed by atoms with Crippen LogP contribution in [0, 0.1) is 0 Å². The van der Waals surface area contributed by atoms with E-state index in [0.717, 1.165) is 31.3 Å². The lowest BCUT2D eigenvalue weighted by atomic mass is 10.1. The molecule has 0 bridgehead atoms. The number of anilines is 1. The number of aryl methyl sites for hydroxylation is 1. The summed E-state index contributed by atoms with van der Waals surface area (Å²) in [6.45, 7) is 0.0738. The highest BCUT2D eigenvalue weighted by atomic mass is 79.9. The fourth-order valence-electron chi connectivity index (χ4n) is 3.02. The lowest BCUT2D eigenvalue weighted by molar-refractivity contribution is -0.122. The van der Waals surface area contributed by atoms with Gasteiger partial charge in [-0.2, -0.15) is 0 Å². The molecule has 0 atom stereocenters. The van der Waals surface area contributed by atoms with Gasteiger partial charge in [0, 0.05) is 57.3 Å². The topological polar surface area (TPSA) is 63.2 Å². The first-order chi connectivity index (χ1) is 12.6. The largest absolute Gasteiger partial charge is 0.303 e. The van der Waals surface area contributed by atoms with Gasteiger partial charge in [-0.05, 0) is 28.1 Å². The number of hydrogen-bond donors (Lipinski definition) is 0. The van der Waals surface area contributed by atoms with Gasteiger partial charge in [0.15, 0.2) is 5.78 Å². The molecule has 132 valence electrons. The van der Waals surface area contributed by atoms with Gasteiger partial charge in [0.2, 0.25) is 5.91 Å². The van der Waals surface area contributed by atoms with Crippen molar-refractivity contribution in [1.29, 1.82) is 0 Å². The minimum Gasteiger partial charge on any atom is -0.303 e. The van der Waals surface area contributed by atoms with Crippen LogP contribution in [-0.4, -0.2) is 28.2 Å². The zero-order chi connectivity index (χ0) is 18.1. The molecule has 5 nitrogen and oxygen atoms in total. The summed E-state index contributed by atoms with van der Waals surface area (Å²) in [5.41, 5.74) is 2.61. The van der Waals surface area contributed by atoms with Crippen molar-refractivity contribution >= 4 is 56.0 Å². The standard InChI is InChI=1S/C18H14BrN3O2S2/c19-12-10-26-15(17(12)18-21-6-7-25-18)8-11(23)9-22-14-2-1-5-20-13(14)3-4-16(22)24/h1-2,5-7,10H,3-4,8-9H2.